The first kappa shape index (κ1) is 11.2. The lowest BCUT2D eigenvalue weighted by Crippen LogP contribution is -1.84. The maximum Gasteiger partial charge on any atom is 0.0530 e. The SMILES string of the molecule is OCCSSCc1ccccc1Cl. The molecule has 0 unspecified atom stereocenters. The Morgan fingerprint density at radius 3 is 2.69 bits per heavy atom. The molecule has 0 saturated carbocycles. The van der Waals surface area contributed by atoms with Gasteiger partial charge in [0.05, 0.1) is 6.61 Å². The van der Waals surface area contributed by atoms with Crippen molar-refractivity contribution in [2.24, 2.45) is 0 Å². The predicted octanol–water partition coefficient (Wildman–Crippen LogP) is 3.21. The molecule has 0 aliphatic carbocycles. The lowest BCUT2D eigenvalue weighted by molar-refractivity contribution is 0.323. The van der Waals surface area contributed by atoms with Crippen molar-refractivity contribution in [1.82, 2.24) is 0 Å². The van der Waals surface area contributed by atoms with Crippen LogP contribution in [0.4, 0.5) is 0 Å². The van der Waals surface area contributed by atoms with Crippen LogP contribution in [-0.4, -0.2) is 17.5 Å². The van der Waals surface area contributed by atoms with E-state index in [1.54, 1.807) is 21.6 Å². The molecule has 0 heterocycles. The van der Waals surface area contributed by atoms with Crippen molar-refractivity contribution >= 4 is 33.2 Å². The van der Waals surface area contributed by atoms with E-state index in [1.165, 1.54) is 0 Å². The number of aliphatic hydroxyl groups excluding tert-OH is 1. The highest BCUT2D eigenvalue weighted by atomic mass is 35.5. The van der Waals surface area contributed by atoms with Crippen LogP contribution in [0.1, 0.15) is 5.56 Å². The summed E-state index contributed by atoms with van der Waals surface area (Å²) in [5.74, 6) is 1.67. The van der Waals surface area contributed by atoms with Crippen molar-refractivity contribution in [3.63, 3.8) is 0 Å². The molecule has 4 heteroatoms. The maximum absolute atomic E-state index is 8.56. The molecule has 0 atom stereocenters. The van der Waals surface area contributed by atoms with E-state index in [0.717, 1.165) is 22.1 Å². The second kappa shape index (κ2) is 6.60. The average molecular weight is 235 g/mol. The first-order valence-corrected chi connectivity index (χ1v) is 6.80. The number of hydrogen-bond acceptors (Lipinski definition) is 3. The number of rotatable bonds is 5. The standard InChI is InChI=1S/C9H11ClOS2/c10-9-4-2-1-3-8(9)7-13-12-6-5-11/h1-4,11H,5-7H2. The lowest BCUT2D eigenvalue weighted by Gasteiger charge is -2.02. The van der Waals surface area contributed by atoms with Gasteiger partial charge in [0.2, 0.25) is 0 Å². The van der Waals surface area contributed by atoms with E-state index in [0.29, 0.717) is 0 Å². The van der Waals surface area contributed by atoms with Crippen LogP contribution in [0.3, 0.4) is 0 Å². The molecular weight excluding hydrogens is 224 g/mol. The van der Waals surface area contributed by atoms with Gasteiger partial charge in [0, 0.05) is 16.5 Å². The van der Waals surface area contributed by atoms with E-state index in [4.69, 9.17) is 16.7 Å². The van der Waals surface area contributed by atoms with Gasteiger partial charge in [-0.3, -0.25) is 0 Å². The van der Waals surface area contributed by atoms with Crippen LogP contribution in [0.15, 0.2) is 24.3 Å². The Hall–Kier alpha value is 0.170. The lowest BCUT2D eigenvalue weighted by atomic mass is 10.2. The summed E-state index contributed by atoms with van der Waals surface area (Å²) >= 11 is 5.97. The largest absolute Gasteiger partial charge is 0.395 e. The fourth-order valence-corrected chi connectivity index (χ4v) is 2.96. The highest BCUT2D eigenvalue weighted by Gasteiger charge is 1.98. The van der Waals surface area contributed by atoms with Crippen LogP contribution in [0.2, 0.25) is 5.02 Å². The molecule has 1 aromatic carbocycles. The zero-order valence-electron chi connectivity index (χ0n) is 7.07. The van der Waals surface area contributed by atoms with E-state index in [-0.39, 0.29) is 6.61 Å². The Bertz CT molecular complexity index is 255. The molecule has 0 fully saturated rings. The van der Waals surface area contributed by atoms with Crippen molar-refractivity contribution in [2.75, 3.05) is 12.4 Å². The van der Waals surface area contributed by atoms with E-state index in [1.807, 2.05) is 24.3 Å². The summed E-state index contributed by atoms with van der Waals surface area (Å²) < 4.78 is 0. The van der Waals surface area contributed by atoms with Gasteiger partial charge in [-0.2, -0.15) is 0 Å². The van der Waals surface area contributed by atoms with Gasteiger partial charge < -0.3 is 5.11 Å². The minimum atomic E-state index is 0.236. The van der Waals surface area contributed by atoms with E-state index in [9.17, 15) is 0 Å². The van der Waals surface area contributed by atoms with E-state index in [2.05, 4.69) is 0 Å². The predicted molar refractivity (Wildman–Crippen MR) is 62.3 cm³/mol. The molecule has 0 saturated heterocycles. The monoisotopic (exact) mass is 234 g/mol. The van der Waals surface area contributed by atoms with Gasteiger partial charge in [-0.15, -0.1) is 0 Å². The maximum atomic E-state index is 8.56. The highest BCUT2D eigenvalue weighted by molar-refractivity contribution is 8.76. The minimum Gasteiger partial charge on any atom is -0.395 e. The fourth-order valence-electron chi connectivity index (χ4n) is 0.817. The summed E-state index contributed by atoms with van der Waals surface area (Å²) in [7, 11) is 3.38. The molecule has 1 nitrogen and oxygen atoms in total. The van der Waals surface area contributed by atoms with Crippen molar-refractivity contribution in [2.45, 2.75) is 5.75 Å². The normalized spacial score (nSPS) is 10.3. The molecule has 0 radical (unpaired) electrons. The number of halogens is 1. The summed E-state index contributed by atoms with van der Waals surface area (Å²) in [5, 5.41) is 9.38. The third-order valence-corrected chi connectivity index (χ3v) is 4.10. The summed E-state index contributed by atoms with van der Waals surface area (Å²) in [6.07, 6.45) is 0. The summed E-state index contributed by atoms with van der Waals surface area (Å²) in [6.45, 7) is 0.236. The molecule has 0 spiro atoms. The summed E-state index contributed by atoms with van der Waals surface area (Å²) in [4.78, 5) is 0. The van der Waals surface area contributed by atoms with Crippen molar-refractivity contribution in [3.8, 4) is 0 Å². The van der Waals surface area contributed by atoms with Crippen LogP contribution >= 0.6 is 33.2 Å². The Labute approximate surface area is 91.3 Å². The van der Waals surface area contributed by atoms with Gasteiger partial charge in [0.15, 0.2) is 0 Å². The zero-order valence-corrected chi connectivity index (χ0v) is 9.46. The third kappa shape index (κ3) is 4.27. The Morgan fingerprint density at radius 1 is 1.23 bits per heavy atom. The molecule has 1 aromatic rings. The van der Waals surface area contributed by atoms with Crippen LogP contribution < -0.4 is 0 Å². The summed E-state index contributed by atoms with van der Waals surface area (Å²) in [5.41, 5.74) is 1.15. The molecule has 1 N–H and O–H groups in total. The first-order chi connectivity index (χ1) is 6.34. The number of aliphatic hydroxyl groups is 1. The van der Waals surface area contributed by atoms with Gasteiger partial charge in [-0.1, -0.05) is 51.4 Å². The van der Waals surface area contributed by atoms with Gasteiger partial charge in [-0.25, -0.2) is 0 Å². The molecular formula is C9H11ClOS2. The molecule has 0 aliphatic heterocycles. The minimum absolute atomic E-state index is 0.236. The van der Waals surface area contributed by atoms with Crippen molar-refractivity contribution in [1.29, 1.82) is 0 Å². The molecule has 72 valence electrons. The highest BCUT2D eigenvalue weighted by Crippen LogP contribution is 2.28. The van der Waals surface area contributed by atoms with Crippen molar-refractivity contribution in [3.05, 3.63) is 34.9 Å². The van der Waals surface area contributed by atoms with Crippen LogP contribution in [0.5, 0.6) is 0 Å². The van der Waals surface area contributed by atoms with Gasteiger partial charge >= 0.3 is 0 Å². The number of benzene rings is 1. The van der Waals surface area contributed by atoms with Gasteiger partial charge in [-0.05, 0) is 11.6 Å². The first-order valence-electron chi connectivity index (χ1n) is 3.93. The molecule has 0 aliphatic rings. The van der Waals surface area contributed by atoms with Gasteiger partial charge in [0.1, 0.15) is 0 Å². The second-order valence-corrected chi connectivity index (χ2v) is 5.39. The molecule has 13 heavy (non-hydrogen) atoms. The number of hydrogen-bond donors (Lipinski definition) is 1. The Balaban J connectivity index is 2.32. The second-order valence-electron chi connectivity index (χ2n) is 2.40. The zero-order chi connectivity index (χ0) is 9.52. The van der Waals surface area contributed by atoms with E-state index < -0.39 is 0 Å². The topological polar surface area (TPSA) is 20.2 Å². The average Bonchev–Trinajstić information content (AvgIpc) is 2.15. The Morgan fingerprint density at radius 2 is 2.00 bits per heavy atom. The Kier molecular flexibility index (Phi) is 5.71. The molecule has 0 amide bonds. The van der Waals surface area contributed by atoms with Crippen LogP contribution in [0, 0.1) is 0 Å². The van der Waals surface area contributed by atoms with Crippen molar-refractivity contribution < 1.29 is 5.11 Å². The van der Waals surface area contributed by atoms with E-state index >= 15 is 0 Å². The molecule has 0 bridgehead atoms. The van der Waals surface area contributed by atoms with Crippen LogP contribution in [0.25, 0.3) is 0 Å². The quantitative estimate of drug-likeness (QED) is 0.624. The van der Waals surface area contributed by atoms with Crippen LogP contribution in [-0.2, 0) is 5.75 Å². The fraction of sp³-hybridized carbons (Fsp3) is 0.333. The third-order valence-electron chi connectivity index (χ3n) is 1.43. The van der Waals surface area contributed by atoms with Gasteiger partial charge in [0.25, 0.3) is 0 Å². The molecule has 1 rings (SSSR count). The smallest absolute Gasteiger partial charge is 0.0530 e. The summed E-state index contributed by atoms with van der Waals surface area (Å²) in [6, 6.07) is 7.83. The molecule has 0 aromatic heterocycles.